The van der Waals surface area contributed by atoms with Gasteiger partial charge in [-0.15, -0.1) is 0 Å². The normalized spacial score (nSPS) is 38.9. The lowest BCUT2D eigenvalue weighted by Crippen LogP contribution is -2.31. The zero-order valence-corrected chi connectivity index (χ0v) is 7.05. The summed E-state index contributed by atoms with van der Waals surface area (Å²) in [5, 5.41) is 3.52. The van der Waals surface area contributed by atoms with Crippen LogP contribution in [0.25, 0.3) is 10.4 Å². The van der Waals surface area contributed by atoms with Gasteiger partial charge in [0.15, 0.2) is 0 Å². The van der Waals surface area contributed by atoms with E-state index in [9.17, 15) is 0 Å². The molecule has 2 aliphatic rings. The maximum Gasteiger partial charge on any atom is 0.101 e. The zero-order chi connectivity index (χ0) is 8.55. The number of likely N-dealkylation sites (tertiary alicyclic amines) is 1. The largest absolute Gasteiger partial charge is 0.366 e. The van der Waals surface area contributed by atoms with Gasteiger partial charge in [0.2, 0.25) is 0 Å². The highest BCUT2D eigenvalue weighted by molar-refractivity contribution is 5.03. The summed E-state index contributed by atoms with van der Waals surface area (Å²) in [4.78, 5) is 5.01. The maximum atomic E-state index is 8.10. The van der Waals surface area contributed by atoms with Crippen molar-refractivity contribution in [2.24, 2.45) is 5.11 Å². The van der Waals surface area contributed by atoms with Gasteiger partial charge in [-0.3, -0.25) is 4.90 Å². The van der Waals surface area contributed by atoms with Gasteiger partial charge in [0.1, 0.15) is 6.10 Å². The molecule has 66 valence electrons. The van der Waals surface area contributed by atoms with Gasteiger partial charge in [-0.1, -0.05) is 5.11 Å². The second-order valence-corrected chi connectivity index (χ2v) is 3.39. The molecular formula is C7H12N4O. The lowest BCUT2D eigenvalue weighted by Gasteiger charge is -2.20. The molecule has 3 atom stereocenters. The highest BCUT2D eigenvalue weighted by Crippen LogP contribution is 2.36. The van der Waals surface area contributed by atoms with E-state index in [1.807, 2.05) is 0 Å². The Kier molecular flexibility index (Phi) is 1.92. The second-order valence-electron chi connectivity index (χ2n) is 3.39. The molecule has 2 saturated heterocycles. The van der Waals surface area contributed by atoms with Crippen molar-refractivity contribution in [3.8, 4) is 0 Å². The van der Waals surface area contributed by atoms with E-state index in [4.69, 9.17) is 10.3 Å². The number of rotatable bonds is 3. The number of ether oxygens (including phenoxy) is 1. The number of fused-ring (bicyclic) bond motifs is 1. The summed E-state index contributed by atoms with van der Waals surface area (Å²) in [6.07, 6.45) is 1.80. The van der Waals surface area contributed by atoms with Gasteiger partial charge in [-0.05, 0) is 19.0 Å². The van der Waals surface area contributed by atoms with Gasteiger partial charge >= 0.3 is 0 Å². The predicted octanol–water partition coefficient (Wildman–Crippen LogP) is 0.768. The van der Waals surface area contributed by atoms with E-state index in [1.165, 1.54) is 0 Å². The molecule has 0 spiro atoms. The smallest absolute Gasteiger partial charge is 0.101 e. The number of hydrogen-bond acceptors (Lipinski definition) is 3. The van der Waals surface area contributed by atoms with E-state index in [1.54, 1.807) is 0 Å². The Morgan fingerprint density at radius 2 is 2.58 bits per heavy atom. The third-order valence-corrected chi connectivity index (χ3v) is 2.62. The predicted molar refractivity (Wildman–Crippen MR) is 43.7 cm³/mol. The Bertz CT molecular complexity index is 223. The topological polar surface area (TPSA) is 64.5 Å². The fourth-order valence-electron chi connectivity index (χ4n) is 1.93. The van der Waals surface area contributed by atoms with E-state index in [2.05, 4.69) is 22.0 Å². The van der Waals surface area contributed by atoms with Gasteiger partial charge in [0.05, 0.1) is 6.10 Å². The summed E-state index contributed by atoms with van der Waals surface area (Å²) < 4.78 is 5.39. The van der Waals surface area contributed by atoms with Crippen LogP contribution < -0.4 is 0 Å². The molecule has 0 bridgehead atoms. The van der Waals surface area contributed by atoms with E-state index in [0.717, 1.165) is 13.0 Å². The molecule has 0 aromatic heterocycles. The van der Waals surface area contributed by atoms with E-state index >= 15 is 0 Å². The van der Waals surface area contributed by atoms with Crippen molar-refractivity contribution in [3.63, 3.8) is 0 Å². The molecule has 0 aliphatic carbocycles. The van der Waals surface area contributed by atoms with Crippen LogP contribution in [-0.4, -0.2) is 43.3 Å². The van der Waals surface area contributed by atoms with E-state index in [0.29, 0.717) is 24.8 Å². The minimum atomic E-state index is 0.420. The fourth-order valence-corrected chi connectivity index (χ4v) is 1.93. The van der Waals surface area contributed by atoms with Crippen molar-refractivity contribution in [2.75, 3.05) is 20.1 Å². The Labute approximate surface area is 70.9 Å². The number of hydrogen-bond donors (Lipinski definition) is 0. The Morgan fingerprint density at radius 3 is 3.17 bits per heavy atom. The zero-order valence-electron chi connectivity index (χ0n) is 7.05. The minimum absolute atomic E-state index is 0.420. The van der Waals surface area contributed by atoms with Crippen LogP contribution >= 0.6 is 0 Å². The van der Waals surface area contributed by atoms with Crippen LogP contribution in [0.4, 0.5) is 0 Å². The molecule has 2 fully saturated rings. The van der Waals surface area contributed by atoms with Crippen LogP contribution in [0.15, 0.2) is 5.11 Å². The summed E-state index contributed by atoms with van der Waals surface area (Å²) in [7, 11) is 2.09. The molecule has 5 heteroatoms. The minimum Gasteiger partial charge on any atom is -0.366 e. The summed E-state index contributed by atoms with van der Waals surface area (Å²) in [5.41, 5.74) is 8.10. The SMILES string of the molecule is CN1CC2OC2C1CCN=[N+]=[N-]. The molecule has 0 radical (unpaired) electrons. The average Bonchev–Trinajstić information content (AvgIpc) is 2.72. The van der Waals surface area contributed by atoms with Gasteiger partial charge in [0, 0.05) is 24.0 Å². The summed E-state index contributed by atoms with van der Waals surface area (Å²) in [6, 6.07) is 0.473. The molecule has 2 aliphatic heterocycles. The number of nitrogens with zero attached hydrogens (tertiary/aromatic N) is 4. The first-order chi connectivity index (χ1) is 5.83. The standard InChI is InChI=1S/C7H12N4O/c1-11-4-6-7(12-6)5(11)2-3-9-10-8/h5-7H,2-4H2,1H3. The van der Waals surface area contributed by atoms with Crippen molar-refractivity contribution in [1.82, 2.24) is 4.90 Å². The van der Waals surface area contributed by atoms with Crippen molar-refractivity contribution in [3.05, 3.63) is 10.4 Å². The highest BCUT2D eigenvalue weighted by atomic mass is 16.6. The molecule has 0 aromatic rings. The first-order valence-electron chi connectivity index (χ1n) is 4.19. The lowest BCUT2D eigenvalue weighted by atomic mass is 10.1. The van der Waals surface area contributed by atoms with Gasteiger partial charge in [-0.25, -0.2) is 0 Å². The number of epoxide rings is 1. The molecule has 2 rings (SSSR count). The van der Waals surface area contributed by atoms with Crippen molar-refractivity contribution < 1.29 is 4.74 Å². The van der Waals surface area contributed by atoms with E-state index in [-0.39, 0.29) is 0 Å². The van der Waals surface area contributed by atoms with Crippen molar-refractivity contribution in [1.29, 1.82) is 0 Å². The third-order valence-electron chi connectivity index (χ3n) is 2.62. The van der Waals surface area contributed by atoms with Gasteiger partial charge < -0.3 is 4.74 Å². The highest BCUT2D eigenvalue weighted by Gasteiger charge is 2.52. The van der Waals surface area contributed by atoms with Crippen LogP contribution in [0.3, 0.4) is 0 Å². The first kappa shape index (κ1) is 7.86. The average molecular weight is 168 g/mol. The van der Waals surface area contributed by atoms with Crippen LogP contribution in [-0.2, 0) is 4.74 Å². The molecule has 2 heterocycles. The summed E-state index contributed by atoms with van der Waals surface area (Å²) in [5.74, 6) is 0. The third kappa shape index (κ3) is 1.27. The summed E-state index contributed by atoms with van der Waals surface area (Å²) >= 11 is 0. The van der Waals surface area contributed by atoms with Crippen LogP contribution in [0.1, 0.15) is 6.42 Å². The molecule has 12 heavy (non-hydrogen) atoms. The molecular weight excluding hydrogens is 156 g/mol. The van der Waals surface area contributed by atoms with Gasteiger partial charge in [-0.2, -0.15) is 0 Å². The van der Waals surface area contributed by atoms with Crippen molar-refractivity contribution in [2.45, 2.75) is 24.7 Å². The van der Waals surface area contributed by atoms with E-state index < -0.39 is 0 Å². The van der Waals surface area contributed by atoms with Crippen LogP contribution in [0.5, 0.6) is 0 Å². The van der Waals surface area contributed by atoms with Crippen LogP contribution in [0.2, 0.25) is 0 Å². The Balaban J connectivity index is 1.82. The monoisotopic (exact) mass is 168 g/mol. The van der Waals surface area contributed by atoms with Gasteiger partial charge in [0.25, 0.3) is 0 Å². The quantitative estimate of drug-likeness (QED) is 0.270. The molecule has 0 N–H and O–H groups in total. The molecule has 0 aromatic carbocycles. The number of azide groups is 1. The number of likely N-dealkylation sites (N-methyl/N-ethyl adjacent to an activating group) is 1. The van der Waals surface area contributed by atoms with Crippen LogP contribution in [0, 0.1) is 0 Å². The Morgan fingerprint density at radius 1 is 1.75 bits per heavy atom. The molecule has 0 saturated carbocycles. The second kappa shape index (κ2) is 2.94. The first-order valence-corrected chi connectivity index (χ1v) is 4.19. The lowest BCUT2D eigenvalue weighted by molar-refractivity contribution is 0.164. The molecule has 0 amide bonds. The Hall–Kier alpha value is -0.770. The number of morpholine rings is 1. The fraction of sp³-hybridized carbons (Fsp3) is 1.00. The van der Waals surface area contributed by atoms with Crippen molar-refractivity contribution >= 4 is 0 Å². The molecule has 3 unspecified atom stereocenters. The molecule has 5 nitrogen and oxygen atoms in total. The summed E-state index contributed by atoms with van der Waals surface area (Å²) in [6.45, 7) is 1.61. The maximum absolute atomic E-state index is 8.10.